The summed E-state index contributed by atoms with van der Waals surface area (Å²) in [6.45, 7) is 1.00. The van der Waals surface area contributed by atoms with Crippen LogP contribution in [-0.2, 0) is 4.74 Å². The predicted octanol–water partition coefficient (Wildman–Crippen LogP) is 2.82. The van der Waals surface area contributed by atoms with Crippen molar-refractivity contribution < 1.29 is 4.74 Å². The smallest absolute Gasteiger partial charge is 0.0685 e. The van der Waals surface area contributed by atoms with E-state index in [0.717, 1.165) is 23.8 Å². The Bertz CT molecular complexity index is 261. The molecule has 3 fully saturated rings. The molecule has 3 heteroatoms. The molecule has 98 valence electrons. The van der Waals surface area contributed by atoms with Gasteiger partial charge in [-0.15, -0.1) is 0 Å². The van der Waals surface area contributed by atoms with Crippen LogP contribution >= 0.6 is 11.8 Å². The van der Waals surface area contributed by atoms with Crippen molar-refractivity contribution >= 4 is 11.8 Å². The highest BCUT2D eigenvalue weighted by molar-refractivity contribution is 8.00. The molecule has 0 bridgehead atoms. The zero-order valence-electron chi connectivity index (χ0n) is 10.9. The van der Waals surface area contributed by atoms with Crippen LogP contribution in [0.4, 0.5) is 0 Å². The largest absolute Gasteiger partial charge is 0.375 e. The van der Waals surface area contributed by atoms with Crippen molar-refractivity contribution in [1.82, 2.24) is 5.32 Å². The second kappa shape index (κ2) is 5.10. The van der Waals surface area contributed by atoms with Gasteiger partial charge in [-0.3, -0.25) is 0 Å². The van der Waals surface area contributed by atoms with E-state index >= 15 is 0 Å². The fourth-order valence-corrected chi connectivity index (χ4v) is 5.44. The lowest BCUT2D eigenvalue weighted by Crippen LogP contribution is -2.52. The van der Waals surface area contributed by atoms with Gasteiger partial charge in [-0.05, 0) is 63.7 Å². The predicted molar refractivity (Wildman–Crippen MR) is 73.6 cm³/mol. The van der Waals surface area contributed by atoms with Crippen molar-refractivity contribution in [3.8, 4) is 0 Å². The maximum Gasteiger partial charge on any atom is 0.0685 e. The first kappa shape index (κ1) is 12.3. The normalized spacial score (nSPS) is 37.9. The fourth-order valence-electron chi connectivity index (χ4n) is 3.90. The third kappa shape index (κ3) is 2.39. The fraction of sp³-hybridized carbons (Fsp3) is 1.00. The standard InChI is InChI=1S/C14H25NOS/c1-15-13(12-4-2-9-17-12)11-5-8-16-14(10-11)6-3-7-14/h11-13,15H,2-10H2,1H3. The van der Waals surface area contributed by atoms with Crippen molar-refractivity contribution in [3.63, 3.8) is 0 Å². The van der Waals surface area contributed by atoms with Crippen LogP contribution in [0.3, 0.4) is 0 Å². The molecule has 0 radical (unpaired) electrons. The number of hydrogen-bond acceptors (Lipinski definition) is 3. The van der Waals surface area contributed by atoms with Crippen LogP contribution in [0.2, 0.25) is 0 Å². The zero-order chi connectivity index (χ0) is 11.7. The van der Waals surface area contributed by atoms with E-state index in [0.29, 0.717) is 5.60 Å². The van der Waals surface area contributed by atoms with Crippen LogP contribution in [0.15, 0.2) is 0 Å². The molecule has 1 spiro atoms. The van der Waals surface area contributed by atoms with E-state index in [1.807, 2.05) is 0 Å². The maximum absolute atomic E-state index is 6.05. The molecule has 3 atom stereocenters. The minimum atomic E-state index is 0.307. The molecular weight excluding hydrogens is 230 g/mol. The second-order valence-corrected chi connectivity index (χ2v) is 7.35. The Kier molecular flexibility index (Phi) is 3.69. The van der Waals surface area contributed by atoms with E-state index in [1.165, 1.54) is 50.7 Å². The van der Waals surface area contributed by atoms with E-state index in [-0.39, 0.29) is 0 Å². The van der Waals surface area contributed by atoms with Crippen molar-refractivity contribution in [3.05, 3.63) is 0 Å². The third-order valence-corrected chi connectivity index (χ3v) is 6.48. The summed E-state index contributed by atoms with van der Waals surface area (Å²) in [7, 11) is 2.16. The van der Waals surface area contributed by atoms with E-state index in [4.69, 9.17) is 4.74 Å². The van der Waals surface area contributed by atoms with Crippen LogP contribution < -0.4 is 5.32 Å². The van der Waals surface area contributed by atoms with E-state index < -0.39 is 0 Å². The van der Waals surface area contributed by atoms with Gasteiger partial charge < -0.3 is 10.1 Å². The molecule has 0 aromatic carbocycles. The maximum atomic E-state index is 6.05. The summed E-state index contributed by atoms with van der Waals surface area (Å²) in [4.78, 5) is 0. The lowest BCUT2D eigenvalue weighted by atomic mass is 9.70. The number of thioether (sulfide) groups is 1. The van der Waals surface area contributed by atoms with Gasteiger partial charge in [-0.2, -0.15) is 11.8 Å². The molecule has 1 aliphatic carbocycles. The quantitative estimate of drug-likeness (QED) is 0.838. The number of rotatable bonds is 3. The summed E-state index contributed by atoms with van der Waals surface area (Å²) in [6, 6.07) is 0.726. The molecule has 0 amide bonds. The molecule has 1 N–H and O–H groups in total. The zero-order valence-corrected chi connectivity index (χ0v) is 11.7. The lowest BCUT2D eigenvalue weighted by molar-refractivity contribution is -0.146. The topological polar surface area (TPSA) is 21.3 Å². The minimum Gasteiger partial charge on any atom is -0.375 e. The van der Waals surface area contributed by atoms with Crippen LogP contribution in [0.1, 0.15) is 44.9 Å². The number of ether oxygens (including phenoxy) is 1. The Morgan fingerprint density at radius 1 is 1.29 bits per heavy atom. The Balaban J connectivity index is 1.64. The van der Waals surface area contributed by atoms with Crippen LogP contribution in [0, 0.1) is 5.92 Å². The minimum absolute atomic E-state index is 0.307. The van der Waals surface area contributed by atoms with E-state index in [9.17, 15) is 0 Å². The summed E-state index contributed by atoms with van der Waals surface area (Å²) in [5.74, 6) is 2.22. The van der Waals surface area contributed by atoms with E-state index in [2.05, 4.69) is 24.1 Å². The highest BCUT2D eigenvalue weighted by Gasteiger charge is 2.45. The van der Waals surface area contributed by atoms with Gasteiger partial charge in [0.1, 0.15) is 0 Å². The first-order valence-corrected chi connectivity index (χ1v) is 8.31. The van der Waals surface area contributed by atoms with Crippen molar-refractivity contribution in [2.24, 2.45) is 5.92 Å². The van der Waals surface area contributed by atoms with Crippen molar-refractivity contribution in [2.45, 2.75) is 61.8 Å². The first-order valence-electron chi connectivity index (χ1n) is 7.26. The molecule has 2 aliphatic heterocycles. The van der Waals surface area contributed by atoms with Crippen molar-refractivity contribution in [1.29, 1.82) is 0 Å². The van der Waals surface area contributed by atoms with Crippen LogP contribution in [0.25, 0.3) is 0 Å². The van der Waals surface area contributed by atoms with E-state index in [1.54, 1.807) is 0 Å². The van der Waals surface area contributed by atoms with Crippen LogP contribution in [0.5, 0.6) is 0 Å². The third-order valence-electron chi connectivity index (χ3n) is 5.00. The van der Waals surface area contributed by atoms with Gasteiger partial charge in [0.2, 0.25) is 0 Å². The second-order valence-electron chi connectivity index (χ2n) is 6.00. The summed E-state index contributed by atoms with van der Waals surface area (Å²) in [5.41, 5.74) is 0.307. The average Bonchev–Trinajstić information content (AvgIpc) is 2.82. The number of nitrogens with one attached hydrogen (secondary N) is 1. The molecule has 2 heterocycles. The monoisotopic (exact) mass is 255 g/mol. The summed E-state index contributed by atoms with van der Waals surface area (Å²) < 4.78 is 6.05. The SMILES string of the molecule is CNC(C1CCOC2(CCC2)C1)C1CCCS1. The van der Waals surface area contributed by atoms with Gasteiger partial charge in [-0.1, -0.05) is 0 Å². The van der Waals surface area contributed by atoms with Gasteiger partial charge >= 0.3 is 0 Å². The van der Waals surface area contributed by atoms with Crippen molar-refractivity contribution in [2.75, 3.05) is 19.4 Å². The highest BCUT2D eigenvalue weighted by Crippen LogP contribution is 2.46. The molecule has 17 heavy (non-hydrogen) atoms. The Labute approximate surface area is 109 Å². The van der Waals surface area contributed by atoms with Gasteiger partial charge in [-0.25, -0.2) is 0 Å². The molecule has 0 aromatic rings. The summed E-state index contributed by atoms with van der Waals surface area (Å²) in [5, 5.41) is 4.48. The van der Waals surface area contributed by atoms with Gasteiger partial charge in [0.15, 0.2) is 0 Å². The molecule has 3 aliphatic rings. The Morgan fingerprint density at radius 2 is 2.18 bits per heavy atom. The molecule has 3 unspecified atom stereocenters. The average molecular weight is 255 g/mol. The van der Waals surface area contributed by atoms with Gasteiger partial charge in [0.05, 0.1) is 5.60 Å². The summed E-state index contributed by atoms with van der Waals surface area (Å²) >= 11 is 2.19. The molecule has 0 aromatic heterocycles. The van der Waals surface area contributed by atoms with Crippen LogP contribution in [-0.4, -0.2) is 36.3 Å². The Morgan fingerprint density at radius 3 is 2.76 bits per heavy atom. The molecule has 1 saturated carbocycles. The van der Waals surface area contributed by atoms with Gasteiger partial charge in [0, 0.05) is 17.9 Å². The molecular formula is C14H25NOS. The summed E-state index contributed by atoms with van der Waals surface area (Å²) in [6.07, 6.45) is 9.44. The highest BCUT2D eigenvalue weighted by atomic mass is 32.2. The number of hydrogen-bond donors (Lipinski definition) is 1. The molecule has 2 saturated heterocycles. The molecule has 2 nitrogen and oxygen atoms in total. The lowest BCUT2D eigenvalue weighted by Gasteiger charge is -2.49. The Hall–Kier alpha value is 0.270. The first-order chi connectivity index (χ1) is 8.33. The molecule has 3 rings (SSSR count). The van der Waals surface area contributed by atoms with Gasteiger partial charge in [0.25, 0.3) is 0 Å².